The predicted octanol–water partition coefficient (Wildman–Crippen LogP) is 3.75. The molecule has 104 valence electrons. The molecular formula is C14H16BrFO3. The summed E-state index contributed by atoms with van der Waals surface area (Å²) in [4.78, 5) is 24.0. The number of carbonyl (C=O) groups is 2. The molecule has 0 fully saturated rings. The summed E-state index contributed by atoms with van der Waals surface area (Å²) in [5, 5.41) is 0. The van der Waals surface area contributed by atoms with Crippen LogP contribution in [0.1, 0.15) is 37.0 Å². The zero-order valence-corrected chi connectivity index (χ0v) is 12.5. The first kappa shape index (κ1) is 15.8. The van der Waals surface area contributed by atoms with Gasteiger partial charge in [0.1, 0.15) is 11.7 Å². The maximum atomic E-state index is 13.1. The van der Waals surface area contributed by atoms with Gasteiger partial charge in [-0.2, -0.15) is 0 Å². The van der Waals surface area contributed by atoms with Gasteiger partial charge in [0, 0.05) is 5.56 Å². The molecule has 0 spiro atoms. The Labute approximate surface area is 120 Å². The molecule has 0 radical (unpaired) electrons. The molecule has 0 saturated carbocycles. The Morgan fingerprint density at radius 2 is 2.05 bits per heavy atom. The maximum Gasteiger partial charge on any atom is 0.316 e. The van der Waals surface area contributed by atoms with Crippen molar-refractivity contribution in [2.24, 2.45) is 5.92 Å². The Morgan fingerprint density at radius 1 is 1.37 bits per heavy atom. The van der Waals surface area contributed by atoms with E-state index in [0.29, 0.717) is 18.4 Å². The van der Waals surface area contributed by atoms with Crippen LogP contribution in [-0.4, -0.2) is 18.4 Å². The van der Waals surface area contributed by atoms with Crippen molar-refractivity contribution in [2.75, 3.05) is 6.61 Å². The highest BCUT2D eigenvalue weighted by molar-refractivity contribution is 9.10. The normalized spacial score (nSPS) is 12.0. The summed E-state index contributed by atoms with van der Waals surface area (Å²) in [6.45, 7) is 3.82. The number of hydrogen-bond acceptors (Lipinski definition) is 3. The fourth-order valence-corrected chi connectivity index (χ4v) is 2.12. The molecule has 0 aliphatic rings. The minimum atomic E-state index is -0.817. The molecule has 0 N–H and O–H groups in total. The summed E-state index contributed by atoms with van der Waals surface area (Å²) >= 11 is 3.03. The topological polar surface area (TPSA) is 43.4 Å². The number of ether oxygens (including phenoxy) is 1. The molecule has 19 heavy (non-hydrogen) atoms. The highest BCUT2D eigenvalue weighted by Gasteiger charge is 2.28. The van der Waals surface area contributed by atoms with Gasteiger partial charge in [-0.3, -0.25) is 9.59 Å². The molecule has 1 atom stereocenters. The van der Waals surface area contributed by atoms with Gasteiger partial charge in [-0.05, 0) is 47.5 Å². The molecule has 0 aliphatic carbocycles. The van der Waals surface area contributed by atoms with Crippen molar-refractivity contribution >= 4 is 27.7 Å². The summed E-state index contributed by atoms with van der Waals surface area (Å²) in [5.74, 6) is -2.11. The van der Waals surface area contributed by atoms with Crippen molar-refractivity contribution in [1.29, 1.82) is 0 Å². The molecule has 0 aromatic heterocycles. The van der Waals surface area contributed by atoms with Gasteiger partial charge in [0.15, 0.2) is 5.78 Å². The summed E-state index contributed by atoms with van der Waals surface area (Å²) in [7, 11) is 0. The lowest BCUT2D eigenvalue weighted by Gasteiger charge is -2.14. The van der Waals surface area contributed by atoms with Gasteiger partial charge >= 0.3 is 5.97 Å². The molecule has 0 amide bonds. The minimum Gasteiger partial charge on any atom is -0.465 e. The van der Waals surface area contributed by atoms with Crippen LogP contribution in [0.3, 0.4) is 0 Å². The second kappa shape index (κ2) is 7.38. The molecule has 1 aromatic carbocycles. The van der Waals surface area contributed by atoms with Crippen molar-refractivity contribution in [3.63, 3.8) is 0 Å². The van der Waals surface area contributed by atoms with Crippen molar-refractivity contribution in [3.05, 3.63) is 34.1 Å². The standard InChI is InChI=1S/C14H16BrFO3/c1-3-5-10(14(18)19-4-2)13(17)9-6-7-12(16)11(15)8-9/h6-8,10H,3-5H2,1-2H3. The molecule has 1 aromatic rings. The van der Waals surface area contributed by atoms with Gasteiger partial charge in [-0.1, -0.05) is 13.3 Å². The number of hydrogen-bond donors (Lipinski definition) is 0. The average Bonchev–Trinajstić information content (AvgIpc) is 2.38. The third-order valence-electron chi connectivity index (χ3n) is 2.67. The highest BCUT2D eigenvalue weighted by atomic mass is 79.9. The van der Waals surface area contributed by atoms with Crippen LogP contribution in [0.4, 0.5) is 4.39 Å². The van der Waals surface area contributed by atoms with E-state index in [4.69, 9.17) is 4.74 Å². The lowest BCUT2D eigenvalue weighted by atomic mass is 9.93. The Bertz CT molecular complexity index is 474. The van der Waals surface area contributed by atoms with E-state index in [-0.39, 0.29) is 16.9 Å². The first-order valence-corrected chi connectivity index (χ1v) is 6.96. The fourth-order valence-electron chi connectivity index (χ4n) is 1.74. The Hall–Kier alpha value is -1.23. The van der Waals surface area contributed by atoms with E-state index < -0.39 is 17.7 Å². The smallest absolute Gasteiger partial charge is 0.316 e. The molecule has 0 saturated heterocycles. The molecule has 1 unspecified atom stereocenters. The van der Waals surface area contributed by atoms with E-state index in [2.05, 4.69) is 15.9 Å². The van der Waals surface area contributed by atoms with Crippen LogP contribution >= 0.6 is 15.9 Å². The predicted molar refractivity (Wildman–Crippen MR) is 73.5 cm³/mol. The average molecular weight is 331 g/mol. The molecule has 0 bridgehead atoms. The molecule has 5 heteroatoms. The Balaban J connectivity index is 2.98. The van der Waals surface area contributed by atoms with Crippen LogP contribution in [0, 0.1) is 11.7 Å². The third kappa shape index (κ3) is 4.13. The van der Waals surface area contributed by atoms with Gasteiger partial charge < -0.3 is 4.74 Å². The Kier molecular flexibility index (Phi) is 6.15. The number of ketones is 1. The van der Waals surface area contributed by atoms with E-state index in [9.17, 15) is 14.0 Å². The number of esters is 1. The van der Waals surface area contributed by atoms with Crippen molar-refractivity contribution in [1.82, 2.24) is 0 Å². The number of carbonyl (C=O) groups excluding carboxylic acids is 2. The van der Waals surface area contributed by atoms with E-state index >= 15 is 0 Å². The second-order valence-electron chi connectivity index (χ2n) is 4.09. The lowest BCUT2D eigenvalue weighted by Crippen LogP contribution is -2.26. The number of halogens is 2. The zero-order valence-electron chi connectivity index (χ0n) is 10.9. The number of rotatable bonds is 6. The summed E-state index contributed by atoms with van der Waals surface area (Å²) < 4.78 is 18.3. The van der Waals surface area contributed by atoms with Gasteiger partial charge in [0.05, 0.1) is 11.1 Å². The molecule has 0 aliphatic heterocycles. The lowest BCUT2D eigenvalue weighted by molar-refractivity contribution is -0.146. The first-order valence-electron chi connectivity index (χ1n) is 6.17. The molecular weight excluding hydrogens is 315 g/mol. The monoisotopic (exact) mass is 330 g/mol. The molecule has 0 heterocycles. The van der Waals surface area contributed by atoms with Gasteiger partial charge in [-0.25, -0.2) is 4.39 Å². The Morgan fingerprint density at radius 3 is 2.58 bits per heavy atom. The van der Waals surface area contributed by atoms with Crippen LogP contribution in [0.25, 0.3) is 0 Å². The first-order chi connectivity index (χ1) is 9.01. The maximum absolute atomic E-state index is 13.1. The summed E-state index contributed by atoms with van der Waals surface area (Å²) in [5.41, 5.74) is 0.305. The fraction of sp³-hybridized carbons (Fsp3) is 0.429. The van der Waals surface area contributed by atoms with Gasteiger partial charge in [0.25, 0.3) is 0 Å². The van der Waals surface area contributed by atoms with Crippen molar-refractivity contribution in [2.45, 2.75) is 26.7 Å². The van der Waals surface area contributed by atoms with E-state index in [1.54, 1.807) is 6.92 Å². The quantitative estimate of drug-likeness (QED) is 0.453. The van der Waals surface area contributed by atoms with E-state index in [1.165, 1.54) is 18.2 Å². The second-order valence-corrected chi connectivity index (χ2v) is 4.94. The van der Waals surface area contributed by atoms with Crippen LogP contribution < -0.4 is 0 Å². The van der Waals surface area contributed by atoms with Crippen LogP contribution in [0.2, 0.25) is 0 Å². The van der Waals surface area contributed by atoms with E-state index in [1.807, 2.05) is 6.92 Å². The third-order valence-corrected chi connectivity index (χ3v) is 3.28. The molecule has 3 nitrogen and oxygen atoms in total. The highest BCUT2D eigenvalue weighted by Crippen LogP contribution is 2.21. The van der Waals surface area contributed by atoms with Crippen molar-refractivity contribution in [3.8, 4) is 0 Å². The molecule has 1 rings (SSSR count). The van der Waals surface area contributed by atoms with Crippen LogP contribution in [0.15, 0.2) is 22.7 Å². The number of Topliss-reactive ketones (excluding diaryl/α,β-unsaturated/α-hetero) is 1. The van der Waals surface area contributed by atoms with Crippen molar-refractivity contribution < 1.29 is 18.7 Å². The SMILES string of the molecule is CCCC(C(=O)OCC)C(=O)c1ccc(F)c(Br)c1. The largest absolute Gasteiger partial charge is 0.465 e. The summed E-state index contributed by atoms with van der Waals surface area (Å²) in [6.07, 6.45) is 1.12. The summed E-state index contributed by atoms with van der Waals surface area (Å²) in [6, 6.07) is 3.97. The zero-order chi connectivity index (χ0) is 14.4. The minimum absolute atomic E-state index is 0.206. The number of benzene rings is 1. The van der Waals surface area contributed by atoms with E-state index in [0.717, 1.165) is 0 Å². The van der Waals surface area contributed by atoms with Gasteiger partial charge in [-0.15, -0.1) is 0 Å². The van der Waals surface area contributed by atoms with Crippen LogP contribution in [-0.2, 0) is 9.53 Å². The van der Waals surface area contributed by atoms with Crippen LogP contribution in [0.5, 0.6) is 0 Å². The van der Waals surface area contributed by atoms with Gasteiger partial charge in [0.2, 0.25) is 0 Å².